The quantitative estimate of drug-likeness (QED) is 0.770. The highest BCUT2D eigenvalue weighted by atomic mass is 35.5. The van der Waals surface area contributed by atoms with Crippen LogP contribution in [0.1, 0.15) is 33.6 Å². The maximum atomic E-state index is 12.4. The van der Waals surface area contributed by atoms with E-state index in [1.807, 2.05) is 0 Å². The van der Waals surface area contributed by atoms with Crippen molar-refractivity contribution >= 4 is 40.8 Å². The summed E-state index contributed by atoms with van der Waals surface area (Å²) in [5, 5.41) is 7.80. The van der Waals surface area contributed by atoms with Gasteiger partial charge in [0.25, 0.3) is 0 Å². The zero-order chi connectivity index (χ0) is 17.1. The van der Waals surface area contributed by atoms with Crippen molar-refractivity contribution in [3.05, 3.63) is 35.4 Å². The van der Waals surface area contributed by atoms with Crippen LogP contribution >= 0.6 is 11.6 Å². The molecule has 0 aromatic heterocycles. The Hall–Kier alpha value is -2.54. The average Bonchev–Trinajstić information content (AvgIpc) is 2.51. The summed E-state index contributed by atoms with van der Waals surface area (Å²) < 4.78 is 0. The molecule has 0 bridgehead atoms. The molecule has 1 aromatic carbocycles. The predicted molar refractivity (Wildman–Crippen MR) is 82.0 cm³/mol. The van der Waals surface area contributed by atoms with Crippen LogP contribution in [0, 0.1) is 0 Å². The van der Waals surface area contributed by atoms with E-state index in [0.717, 1.165) is 0 Å². The van der Waals surface area contributed by atoms with E-state index in [9.17, 15) is 19.2 Å². The van der Waals surface area contributed by atoms with Crippen LogP contribution in [0.4, 0.5) is 0 Å². The molecule has 1 unspecified atom stereocenters. The van der Waals surface area contributed by atoms with Crippen molar-refractivity contribution in [2.45, 2.75) is 24.3 Å². The minimum atomic E-state index is -1.37. The van der Waals surface area contributed by atoms with Crippen molar-refractivity contribution in [2.24, 2.45) is 10.7 Å². The second kappa shape index (κ2) is 6.70. The van der Waals surface area contributed by atoms with Crippen molar-refractivity contribution in [3.63, 3.8) is 0 Å². The summed E-state index contributed by atoms with van der Waals surface area (Å²) in [6.45, 7) is 0. The molecule has 1 aromatic rings. The maximum Gasteiger partial charge on any atom is 0.328 e. The number of carboxylic acid groups (broad SMARTS) is 1. The van der Waals surface area contributed by atoms with E-state index in [2.05, 4.69) is 4.99 Å². The third kappa shape index (κ3) is 3.45. The summed E-state index contributed by atoms with van der Waals surface area (Å²) in [7, 11) is 0. The molecular weight excluding hydrogens is 324 g/mol. The van der Waals surface area contributed by atoms with Crippen molar-refractivity contribution in [1.29, 1.82) is 0 Å². The van der Waals surface area contributed by atoms with Gasteiger partial charge >= 0.3 is 5.97 Å². The smallest absolute Gasteiger partial charge is 0.328 e. The number of carboxylic acids is 1. The number of carbonyl (C=O) groups excluding carboxylic acids is 3. The SMILES string of the molecule is NC(=O)CC[C@@H](N=C1C(=O)c2ccccc2C(=O)C1Cl)C(=O)O. The molecular formula is C15H13ClN2O5. The number of Topliss-reactive ketones (excluding diaryl/α,β-unsaturated/α-hetero) is 2. The van der Waals surface area contributed by atoms with Crippen molar-refractivity contribution in [2.75, 3.05) is 0 Å². The Morgan fingerprint density at radius 2 is 1.87 bits per heavy atom. The lowest BCUT2D eigenvalue weighted by Gasteiger charge is -2.21. The summed E-state index contributed by atoms with van der Waals surface area (Å²) in [6.07, 6.45) is -0.389. The van der Waals surface area contributed by atoms with Gasteiger partial charge in [-0.1, -0.05) is 24.3 Å². The average molecular weight is 337 g/mol. The molecule has 7 nitrogen and oxygen atoms in total. The maximum absolute atomic E-state index is 12.4. The number of carbonyl (C=O) groups is 4. The molecule has 0 radical (unpaired) electrons. The Balaban J connectivity index is 2.41. The molecule has 0 aliphatic heterocycles. The van der Waals surface area contributed by atoms with Crippen LogP contribution in [-0.4, -0.2) is 45.7 Å². The molecule has 0 fully saturated rings. The van der Waals surface area contributed by atoms with Gasteiger partial charge in [0.2, 0.25) is 11.7 Å². The molecule has 1 amide bonds. The molecule has 0 saturated carbocycles. The van der Waals surface area contributed by atoms with Crippen LogP contribution in [0.15, 0.2) is 29.3 Å². The lowest BCUT2D eigenvalue weighted by atomic mass is 9.87. The Kier molecular flexibility index (Phi) is 4.90. The monoisotopic (exact) mass is 336 g/mol. The van der Waals surface area contributed by atoms with E-state index in [0.29, 0.717) is 0 Å². The lowest BCUT2D eigenvalue weighted by Crippen LogP contribution is -2.39. The fraction of sp³-hybridized carbons (Fsp3) is 0.267. The normalized spacial score (nSPS) is 20.2. The minimum Gasteiger partial charge on any atom is -0.480 e. The van der Waals surface area contributed by atoms with Gasteiger partial charge < -0.3 is 10.8 Å². The molecule has 0 saturated heterocycles. The van der Waals surface area contributed by atoms with Gasteiger partial charge in [0.05, 0.1) is 0 Å². The molecule has 3 N–H and O–H groups in total. The van der Waals surface area contributed by atoms with Gasteiger partial charge in [-0.15, -0.1) is 11.6 Å². The Morgan fingerprint density at radius 3 is 2.43 bits per heavy atom. The van der Waals surface area contributed by atoms with Gasteiger partial charge in [0, 0.05) is 17.5 Å². The molecule has 2 rings (SSSR count). The number of amides is 1. The number of halogens is 1. The standard InChI is InChI=1S/C15H13ClN2O5/c16-11-12(18-9(15(22)23)5-6-10(17)19)14(21)8-4-2-1-3-7(8)13(11)20/h1-4,9,11H,5-6H2,(H2,17,19)(H,22,23)/t9-,11?/m1/s1. The number of nitrogens with zero attached hydrogens (tertiary/aromatic N) is 1. The van der Waals surface area contributed by atoms with Crippen LogP contribution in [0.3, 0.4) is 0 Å². The zero-order valence-electron chi connectivity index (χ0n) is 11.9. The Morgan fingerprint density at radius 1 is 1.26 bits per heavy atom. The van der Waals surface area contributed by atoms with Gasteiger partial charge in [-0.05, 0) is 6.42 Å². The van der Waals surface area contributed by atoms with Gasteiger partial charge in [-0.25, -0.2) is 4.79 Å². The number of benzene rings is 1. The molecule has 1 aliphatic rings. The van der Waals surface area contributed by atoms with E-state index in [4.69, 9.17) is 22.4 Å². The van der Waals surface area contributed by atoms with Crippen molar-refractivity contribution in [3.8, 4) is 0 Å². The highest BCUT2D eigenvalue weighted by Crippen LogP contribution is 2.24. The highest BCUT2D eigenvalue weighted by Gasteiger charge is 2.38. The van der Waals surface area contributed by atoms with Gasteiger partial charge in [-0.3, -0.25) is 19.4 Å². The zero-order valence-corrected chi connectivity index (χ0v) is 12.6. The van der Waals surface area contributed by atoms with Crippen molar-refractivity contribution in [1.82, 2.24) is 0 Å². The van der Waals surface area contributed by atoms with E-state index in [-0.39, 0.29) is 29.7 Å². The Bertz CT molecular complexity index is 728. The van der Waals surface area contributed by atoms with Crippen LogP contribution in [0.5, 0.6) is 0 Å². The fourth-order valence-electron chi connectivity index (χ4n) is 2.22. The summed E-state index contributed by atoms with van der Waals surface area (Å²) >= 11 is 5.98. The number of aliphatic carboxylic acids is 1. The number of ketones is 2. The first-order chi connectivity index (χ1) is 10.8. The van der Waals surface area contributed by atoms with Crippen molar-refractivity contribution < 1.29 is 24.3 Å². The summed E-state index contributed by atoms with van der Waals surface area (Å²) in [6, 6.07) is 4.73. The number of hydrogen-bond acceptors (Lipinski definition) is 5. The fourth-order valence-corrected chi connectivity index (χ4v) is 2.50. The molecule has 2 atom stereocenters. The second-order valence-corrected chi connectivity index (χ2v) is 5.41. The lowest BCUT2D eigenvalue weighted by molar-refractivity contribution is -0.138. The van der Waals surface area contributed by atoms with Crippen LogP contribution in [-0.2, 0) is 9.59 Å². The second-order valence-electron chi connectivity index (χ2n) is 4.97. The van der Waals surface area contributed by atoms with Crippen LogP contribution in [0.25, 0.3) is 0 Å². The molecule has 120 valence electrons. The van der Waals surface area contributed by atoms with E-state index < -0.39 is 34.9 Å². The van der Waals surface area contributed by atoms with Gasteiger partial charge in [0.1, 0.15) is 17.1 Å². The largest absolute Gasteiger partial charge is 0.480 e. The number of primary amides is 1. The summed E-state index contributed by atoms with van der Waals surface area (Å²) in [5.74, 6) is -3.12. The number of aliphatic imine (C=N–C) groups is 1. The molecule has 1 aliphatic carbocycles. The number of rotatable bonds is 5. The van der Waals surface area contributed by atoms with Crippen LogP contribution < -0.4 is 5.73 Å². The first-order valence-corrected chi connectivity index (χ1v) is 7.17. The predicted octanol–water partition coefficient (Wildman–Crippen LogP) is 0.833. The van der Waals surface area contributed by atoms with Crippen LogP contribution in [0.2, 0.25) is 0 Å². The number of fused-ring (bicyclic) bond motifs is 1. The number of nitrogens with two attached hydrogens (primary N) is 1. The van der Waals surface area contributed by atoms with Gasteiger partial charge in [-0.2, -0.15) is 0 Å². The molecule has 23 heavy (non-hydrogen) atoms. The van der Waals surface area contributed by atoms with E-state index in [1.165, 1.54) is 12.1 Å². The van der Waals surface area contributed by atoms with E-state index >= 15 is 0 Å². The molecule has 8 heteroatoms. The third-order valence-electron chi connectivity index (χ3n) is 3.38. The summed E-state index contributed by atoms with van der Waals surface area (Å²) in [4.78, 5) is 50.5. The molecule has 0 spiro atoms. The first-order valence-electron chi connectivity index (χ1n) is 6.73. The topological polar surface area (TPSA) is 127 Å². The minimum absolute atomic E-state index is 0.132. The molecule has 0 heterocycles. The summed E-state index contributed by atoms with van der Waals surface area (Å²) in [5.41, 5.74) is 4.97. The number of alkyl halides is 1. The van der Waals surface area contributed by atoms with Gasteiger partial charge in [0.15, 0.2) is 5.78 Å². The van der Waals surface area contributed by atoms with E-state index in [1.54, 1.807) is 12.1 Å². The highest BCUT2D eigenvalue weighted by molar-refractivity contribution is 6.64. The number of hydrogen-bond donors (Lipinski definition) is 2. The first kappa shape index (κ1) is 16.8. The third-order valence-corrected chi connectivity index (χ3v) is 3.79. The Labute approximate surface area is 136 Å².